The molecule has 0 saturated carbocycles. The third-order valence-corrected chi connectivity index (χ3v) is 4.59. The number of hydrogen-bond acceptors (Lipinski definition) is 4. The Balaban J connectivity index is 1.55. The Morgan fingerprint density at radius 2 is 1.30 bits per heavy atom. The molecule has 27 heavy (non-hydrogen) atoms. The smallest absolute Gasteiger partial charge is 0.0652 e. The van der Waals surface area contributed by atoms with Crippen LogP contribution in [0.4, 0.5) is 17.1 Å². The van der Waals surface area contributed by atoms with E-state index in [9.17, 15) is 0 Å². The van der Waals surface area contributed by atoms with Gasteiger partial charge in [0.05, 0.1) is 30.8 Å². The fourth-order valence-electron chi connectivity index (χ4n) is 3.14. The number of para-hydroxylation sites is 2. The molecule has 136 valence electrons. The monoisotopic (exact) mass is 357 g/mol. The quantitative estimate of drug-likeness (QED) is 0.490. The Hall–Kier alpha value is -3.11. The van der Waals surface area contributed by atoms with Crippen LogP contribution in [0.25, 0.3) is 0 Å². The SMILES string of the molecule is C(=N/N(c1ccccc1)c1ccccc1)/c1ccc(N2CCOCC2)cc1. The number of rotatable bonds is 5. The van der Waals surface area contributed by atoms with Crippen LogP contribution in [0, 0.1) is 0 Å². The molecule has 0 radical (unpaired) electrons. The minimum atomic E-state index is 0.798. The third kappa shape index (κ3) is 4.36. The van der Waals surface area contributed by atoms with Gasteiger partial charge < -0.3 is 9.64 Å². The van der Waals surface area contributed by atoms with Gasteiger partial charge in [-0.05, 0) is 42.0 Å². The highest BCUT2D eigenvalue weighted by Gasteiger charge is 2.11. The van der Waals surface area contributed by atoms with Gasteiger partial charge in [-0.2, -0.15) is 5.10 Å². The number of benzene rings is 3. The normalized spacial score (nSPS) is 14.4. The van der Waals surface area contributed by atoms with Crippen molar-refractivity contribution in [3.05, 3.63) is 90.5 Å². The van der Waals surface area contributed by atoms with Crippen LogP contribution < -0.4 is 9.91 Å². The molecule has 1 aliphatic rings. The van der Waals surface area contributed by atoms with Crippen LogP contribution in [-0.2, 0) is 4.74 Å². The molecule has 0 spiro atoms. The van der Waals surface area contributed by atoms with Crippen LogP contribution in [0.1, 0.15) is 5.56 Å². The maximum Gasteiger partial charge on any atom is 0.0652 e. The standard InChI is InChI=1S/C23H23N3O/c1-3-7-22(8-4-1)26(23-9-5-2-6-10-23)24-19-20-11-13-21(14-12-20)25-15-17-27-18-16-25/h1-14,19H,15-18H2/b24-19-. The van der Waals surface area contributed by atoms with Crippen LogP contribution in [-0.4, -0.2) is 32.5 Å². The van der Waals surface area contributed by atoms with Gasteiger partial charge in [-0.3, -0.25) is 0 Å². The summed E-state index contributed by atoms with van der Waals surface area (Å²) < 4.78 is 5.43. The van der Waals surface area contributed by atoms with Gasteiger partial charge in [0.15, 0.2) is 0 Å². The lowest BCUT2D eigenvalue weighted by atomic mass is 10.2. The first-order valence-corrected chi connectivity index (χ1v) is 9.27. The molecular formula is C23H23N3O. The Morgan fingerprint density at radius 3 is 1.85 bits per heavy atom. The minimum Gasteiger partial charge on any atom is -0.378 e. The van der Waals surface area contributed by atoms with Gasteiger partial charge in [-0.15, -0.1) is 0 Å². The van der Waals surface area contributed by atoms with E-state index in [0.29, 0.717) is 0 Å². The van der Waals surface area contributed by atoms with E-state index in [2.05, 4.69) is 53.4 Å². The van der Waals surface area contributed by atoms with Gasteiger partial charge in [-0.25, -0.2) is 5.01 Å². The number of morpholine rings is 1. The maximum atomic E-state index is 5.43. The molecule has 4 rings (SSSR count). The highest BCUT2D eigenvalue weighted by molar-refractivity contribution is 5.82. The van der Waals surface area contributed by atoms with Crippen molar-refractivity contribution < 1.29 is 4.74 Å². The second kappa shape index (κ2) is 8.52. The molecule has 0 amide bonds. The van der Waals surface area contributed by atoms with Crippen molar-refractivity contribution >= 4 is 23.3 Å². The van der Waals surface area contributed by atoms with Crippen molar-refractivity contribution in [1.29, 1.82) is 0 Å². The van der Waals surface area contributed by atoms with Crippen molar-refractivity contribution in [3.63, 3.8) is 0 Å². The molecule has 1 fully saturated rings. The molecule has 0 N–H and O–H groups in total. The van der Waals surface area contributed by atoms with Crippen molar-refractivity contribution in [2.45, 2.75) is 0 Å². The minimum absolute atomic E-state index is 0.798. The maximum absolute atomic E-state index is 5.43. The highest BCUT2D eigenvalue weighted by Crippen LogP contribution is 2.25. The summed E-state index contributed by atoms with van der Waals surface area (Å²) in [6.45, 7) is 3.49. The molecule has 0 atom stereocenters. The molecule has 3 aromatic carbocycles. The fourth-order valence-corrected chi connectivity index (χ4v) is 3.14. The second-order valence-corrected chi connectivity index (χ2v) is 6.42. The van der Waals surface area contributed by atoms with Crippen LogP contribution in [0.15, 0.2) is 90.0 Å². The van der Waals surface area contributed by atoms with Crippen molar-refractivity contribution in [3.8, 4) is 0 Å². The molecule has 1 saturated heterocycles. The molecule has 0 unspecified atom stereocenters. The molecule has 0 bridgehead atoms. The van der Waals surface area contributed by atoms with Gasteiger partial charge in [0.2, 0.25) is 0 Å². The highest BCUT2D eigenvalue weighted by atomic mass is 16.5. The van der Waals surface area contributed by atoms with E-state index in [1.165, 1.54) is 5.69 Å². The second-order valence-electron chi connectivity index (χ2n) is 6.42. The Bertz CT molecular complexity index is 818. The van der Waals surface area contributed by atoms with Crippen LogP contribution in [0.2, 0.25) is 0 Å². The zero-order valence-corrected chi connectivity index (χ0v) is 15.2. The Morgan fingerprint density at radius 1 is 0.741 bits per heavy atom. The van der Waals surface area contributed by atoms with Crippen molar-refractivity contribution in [1.82, 2.24) is 0 Å². The third-order valence-electron chi connectivity index (χ3n) is 4.59. The van der Waals surface area contributed by atoms with E-state index < -0.39 is 0 Å². The lowest BCUT2D eigenvalue weighted by molar-refractivity contribution is 0.122. The zero-order chi connectivity index (χ0) is 18.3. The average molecular weight is 357 g/mol. The number of hydrazone groups is 1. The fraction of sp³-hybridized carbons (Fsp3) is 0.174. The largest absolute Gasteiger partial charge is 0.378 e. The lowest BCUT2D eigenvalue weighted by Crippen LogP contribution is -2.36. The predicted octanol–water partition coefficient (Wildman–Crippen LogP) is 4.70. The molecule has 0 aliphatic carbocycles. The summed E-state index contributed by atoms with van der Waals surface area (Å²) in [5.74, 6) is 0. The molecular weight excluding hydrogens is 334 g/mol. The molecule has 3 aromatic rings. The van der Waals surface area contributed by atoms with E-state index in [4.69, 9.17) is 9.84 Å². The van der Waals surface area contributed by atoms with E-state index in [-0.39, 0.29) is 0 Å². The number of anilines is 3. The predicted molar refractivity (Wildman–Crippen MR) is 112 cm³/mol. The Kier molecular flexibility index (Phi) is 5.46. The van der Waals surface area contributed by atoms with E-state index in [1.807, 2.05) is 47.6 Å². The van der Waals surface area contributed by atoms with Crippen LogP contribution in [0.3, 0.4) is 0 Å². The summed E-state index contributed by atoms with van der Waals surface area (Å²) in [6, 6.07) is 28.9. The van der Waals surface area contributed by atoms with Gasteiger partial charge >= 0.3 is 0 Å². The van der Waals surface area contributed by atoms with Crippen molar-refractivity contribution in [2.75, 3.05) is 36.2 Å². The first-order chi connectivity index (χ1) is 13.4. The lowest BCUT2D eigenvalue weighted by Gasteiger charge is -2.28. The van der Waals surface area contributed by atoms with Gasteiger partial charge in [0.25, 0.3) is 0 Å². The van der Waals surface area contributed by atoms with Crippen LogP contribution in [0.5, 0.6) is 0 Å². The topological polar surface area (TPSA) is 28.1 Å². The van der Waals surface area contributed by atoms with Crippen molar-refractivity contribution in [2.24, 2.45) is 5.10 Å². The first-order valence-electron chi connectivity index (χ1n) is 9.27. The van der Waals surface area contributed by atoms with Crippen LogP contribution >= 0.6 is 0 Å². The molecule has 1 heterocycles. The first kappa shape index (κ1) is 17.3. The molecule has 1 aliphatic heterocycles. The number of hydrogen-bond donors (Lipinski definition) is 0. The van der Waals surface area contributed by atoms with Gasteiger partial charge in [0.1, 0.15) is 0 Å². The summed E-state index contributed by atoms with van der Waals surface area (Å²) in [7, 11) is 0. The van der Waals surface area contributed by atoms with E-state index >= 15 is 0 Å². The van der Waals surface area contributed by atoms with E-state index in [1.54, 1.807) is 0 Å². The molecule has 4 heteroatoms. The van der Waals surface area contributed by atoms with Gasteiger partial charge in [-0.1, -0.05) is 48.5 Å². The number of nitrogens with zero attached hydrogens (tertiary/aromatic N) is 3. The summed E-state index contributed by atoms with van der Waals surface area (Å²) in [5, 5.41) is 6.71. The molecule has 0 aromatic heterocycles. The van der Waals surface area contributed by atoms with Gasteiger partial charge in [0, 0.05) is 18.8 Å². The average Bonchev–Trinajstić information content (AvgIpc) is 2.76. The number of ether oxygens (including phenoxy) is 1. The Labute approximate surface area is 160 Å². The summed E-state index contributed by atoms with van der Waals surface area (Å²) in [4.78, 5) is 2.35. The summed E-state index contributed by atoms with van der Waals surface area (Å²) in [5.41, 5.74) is 4.37. The summed E-state index contributed by atoms with van der Waals surface area (Å²) >= 11 is 0. The summed E-state index contributed by atoms with van der Waals surface area (Å²) in [6.07, 6.45) is 1.91. The van der Waals surface area contributed by atoms with E-state index in [0.717, 1.165) is 43.2 Å². The molecule has 4 nitrogen and oxygen atoms in total. The zero-order valence-electron chi connectivity index (χ0n) is 15.2.